The first-order valence-corrected chi connectivity index (χ1v) is 8.64. The van der Waals surface area contributed by atoms with Gasteiger partial charge in [-0.1, -0.05) is 6.07 Å². The third kappa shape index (κ3) is 3.19. The van der Waals surface area contributed by atoms with Gasteiger partial charge in [0.1, 0.15) is 5.82 Å². The zero-order valence-corrected chi connectivity index (χ0v) is 13.9. The molecule has 126 valence electrons. The standard InChI is InChI=1S/C18H23N5O/c1-13-7-8-17(22-21-13)23-11-14-5-4-10-24-18(14)15(12-23)20-16-6-2-3-9-19-16/h2-3,6-9,14-15,18H,4-5,10-12H2,1H3,(H,19,20)/t14-,15+,18-/m0/s1. The Kier molecular flexibility index (Phi) is 4.30. The van der Waals surface area contributed by atoms with Gasteiger partial charge in [0.25, 0.3) is 0 Å². The molecule has 0 spiro atoms. The minimum absolute atomic E-state index is 0.196. The highest BCUT2D eigenvalue weighted by molar-refractivity contribution is 5.42. The summed E-state index contributed by atoms with van der Waals surface area (Å²) in [5.41, 5.74) is 0.942. The van der Waals surface area contributed by atoms with Crippen LogP contribution in [0.2, 0.25) is 0 Å². The van der Waals surface area contributed by atoms with Crippen LogP contribution in [-0.4, -0.2) is 47.0 Å². The maximum atomic E-state index is 6.12. The quantitative estimate of drug-likeness (QED) is 0.934. The van der Waals surface area contributed by atoms with Crippen molar-refractivity contribution in [3.63, 3.8) is 0 Å². The molecule has 2 fully saturated rings. The van der Waals surface area contributed by atoms with E-state index in [0.717, 1.165) is 43.4 Å². The fourth-order valence-electron chi connectivity index (χ4n) is 3.72. The van der Waals surface area contributed by atoms with Gasteiger partial charge in [-0.25, -0.2) is 4.98 Å². The highest BCUT2D eigenvalue weighted by Gasteiger charge is 2.39. The molecule has 0 aromatic carbocycles. The summed E-state index contributed by atoms with van der Waals surface area (Å²) >= 11 is 0. The van der Waals surface area contributed by atoms with Crippen molar-refractivity contribution < 1.29 is 4.74 Å². The second kappa shape index (κ2) is 6.73. The van der Waals surface area contributed by atoms with Gasteiger partial charge in [0.05, 0.1) is 17.8 Å². The zero-order valence-electron chi connectivity index (χ0n) is 13.9. The van der Waals surface area contributed by atoms with Gasteiger partial charge in [-0.05, 0) is 44.0 Å². The second-order valence-electron chi connectivity index (χ2n) is 6.64. The topological polar surface area (TPSA) is 63.2 Å². The first kappa shape index (κ1) is 15.3. The Balaban J connectivity index is 1.56. The van der Waals surface area contributed by atoms with E-state index in [2.05, 4.69) is 31.5 Å². The number of fused-ring (bicyclic) bond motifs is 1. The van der Waals surface area contributed by atoms with E-state index in [1.807, 2.05) is 37.4 Å². The van der Waals surface area contributed by atoms with Gasteiger partial charge >= 0.3 is 0 Å². The van der Waals surface area contributed by atoms with Gasteiger partial charge in [0, 0.05) is 31.8 Å². The Morgan fingerprint density at radius 1 is 1.17 bits per heavy atom. The van der Waals surface area contributed by atoms with Crippen LogP contribution in [0.25, 0.3) is 0 Å². The molecule has 6 nitrogen and oxygen atoms in total. The number of ether oxygens (including phenoxy) is 1. The van der Waals surface area contributed by atoms with Crippen molar-refractivity contribution in [2.24, 2.45) is 5.92 Å². The Bertz CT molecular complexity index is 663. The Labute approximate surface area is 142 Å². The zero-order chi connectivity index (χ0) is 16.4. The van der Waals surface area contributed by atoms with Crippen LogP contribution in [-0.2, 0) is 4.74 Å². The average molecular weight is 325 g/mol. The molecule has 0 unspecified atom stereocenters. The number of nitrogens with one attached hydrogen (secondary N) is 1. The lowest BCUT2D eigenvalue weighted by molar-refractivity contribution is -0.0424. The molecule has 24 heavy (non-hydrogen) atoms. The van der Waals surface area contributed by atoms with E-state index in [-0.39, 0.29) is 12.1 Å². The summed E-state index contributed by atoms with van der Waals surface area (Å²) in [7, 11) is 0. The van der Waals surface area contributed by atoms with E-state index in [1.54, 1.807) is 0 Å². The highest BCUT2D eigenvalue weighted by Crippen LogP contribution is 2.31. The smallest absolute Gasteiger partial charge is 0.151 e. The monoisotopic (exact) mass is 325 g/mol. The van der Waals surface area contributed by atoms with Crippen LogP contribution in [0, 0.1) is 12.8 Å². The first-order chi connectivity index (χ1) is 11.8. The molecular formula is C18H23N5O. The molecule has 0 aliphatic carbocycles. The fourth-order valence-corrected chi connectivity index (χ4v) is 3.72. The SMILES string of the molecule is Cc1ccc(N2C[C@@H]3CCCO[C@@H]3[C@H](Nc3ccccn3)C2)nn1. The number of hydrogen-bond acceptors (Lipinski definition) is 6. The molecule has 2 saturated heterocycles. The molecule has 0 radical (unpaired) electrons. The van der Waals surface area contributed by atoms with Crippen molar-refractivity contribution in [1.82, 2.24) is 15.2 Å². The van der Waals surface area contributed by atoms with Crippen molar-refractivity contribution in [2.75, 3.05) is 29.9 Å². The molecule has 4 rings (SSSR count). The van der Waals surface area contributed by atoms with E-state index < -0.39 is 0 Å². The molecule has 4 heterocycles. The van der Waals surface area contributed by atoms with Gasteiger partial charge in [0.2, 0.25) is 0 Å². The van der Waals surface area contributed by atoms with Crippen molar-refractivity contribution in [3.8, 4) is 0 Å². The van der Waals surface area contributed by atoms with Crippen molar-refractivity contribution in [2.45, 2.75) is 31.9 Å². The third-order valence-corrected chi connectivity index (χ3v) is 4.87. The summed E-state index contributed by atoms with van der Waals surface area (Å²) < 4.78 is 6.12. The summed E-state index contributed by atoms with van der Waals surface area (Å²) in [6.07, 6.45) is 4.37. The lowest BCUT2D eigenvalue weighted by Gasteiger charge is -2.46. The number of pyridine rings is 1. The van der Waals surface area contributed by atoms with Crippen LogP contribution in [0.3, 0.4) is 0 Å². The molecule has 6 heteroatoms. The summed E-state index contributed by atoms with van der Waals surface area (Å²) in [6.45, 7) is 4.63. The Morgan fingerprint density at radius 2 is 2.12 bits per heavy atom. The highest BCUT2D eigenvalue weighted by atomic mass is 16.5. The van der Waals surface area contributed by atoms with Crippen LogP contribution in [0.4, 0.5) is 11.6 Å². The molecule has 0 saturated carbocycles. The summed E-state index contributed by atoms with van der Waals surface area (Å²) in [5.74, 6) is 2.35. The van der Waals surface area contributed by atoms with Gasteiger partial charge in [-0.2, -0.15) is 5.10 Å². The van der Waals surface area contributed by atoms with E-state index in [4.69, 9.17) is 4.74 Å². The molecular weight excluding hydrogens is 302 g/mol. The number of aryl methyl sites for hydroxylation is 1. The number of hydrogen-bond donors (Lipinski definition) is 1. The first-order valence-electron chi connectivity index (χ1n) is 8.64. The molecule has 1 N–H and O–H groups in total. The number of nitrogens with zero attached hydrogens (tertiary/aromatic N) is 4. The molecule has 3 atom stereocenters. The van der Waals surface area contributed by atoms with Crippen LogP contribution in [0.15, 0.2) is 36.5 Å². The number of rotatable bonds is 3. The molecule has 2 aromatic rings. The van der Waals surface area contributed by atoms with E-state index in [9.17, 15) is 0 Å². The number of aromatic nitrogens is 3. The van der Waals surface area contributed by atoms with Crippen molar-refractivity contribution >= 4 is 11.6 Å². The number of piperidine rings is 1. The predicted octanol–water partition coefficient (Wildman–Crippen LogP) is 2.28. The summed E-state index contributed by atoms with van der Waals surface area (Å²) in [6, 6.07) is 10.2. The molecule has 2 aliphatic rings. The van der Waals surface area contributed by atoms with Crippen LogP contribution in [0.5, 0.6) is 0 Å². The Morgan fingerprint density at radius 3 is 2.92 bits per heavy atom. The second-order valence-corrected chi connectivity index (χ2v) is 6.64. The molecule has 0 bridgehead atoms. The van der Waals surface area contributed by atoms with Crippen molar-refractivity contribution in [3.05, 3.63) is 42.2 Å². The molecule has 2 aromatic heterocycles. The van der Waals surface area contributed by atoms with Crippen LogP contribution >= 0.6 is 0 Å². The van der Waals surface area contributed by atoms with E-state index in [0.29, 0.717) is 5.92 Å². The number of anilines is 2. The van der Waals surface area contributed by atoms with Crippen molar-refractivity contribution in [1.29, 1.82) is 0 Å². The lowest BCUT2D eigenvalue weighted by Crippen LogP contribution is -2.58. The lowest BCUT2D eigenvalue weighted by atomic mass is 9.85. The van der Waals surface area contributed by atoms with Crippen LogP contribution in [0.1, 0.15) is 18.5 Å². The molecule has 0 amide bonds. The minimum Gasteiger partial charge on any atom is -0.376 e. The third-order valence-electron chi connectivity index (χ3n) is 4.87. The predicted molar refractivity (Wildman–Crippen MR) is 93.1 cm³/mol. The maximum absolute atomic E-state index is 6.12. The molecule has 2 aliphatic heterocycles. The largest absolute Gasteiger partial charge is 0.376 e. The van der Waals surface area contributed by atoms with Gasteiger partial charge in [-0.15, -0.1) is 5.10 Å². The van der Waals surface area contributed by atoms with Gasteiger partial charge < -0.3 is 15.0 Å². The summed E-state index contributed by atoms with van der Waals surface area (Å²) in [4.78, 5) is 6.73. The fraction of sp³-hybridized carbons (Fsp3) is 0.500. The summed E-state index contributed by atoms with van der Waals surface area (Å²) in [5, 5.41) is 12.1. The maximum Gasteiger partial charge on any atom is 0.151 e. The average Bonchev–Trinajstić information content (AvgIpc) is 2.63. The van der Waals surface area contributed by atoms with E-state index >= 15 is 0 Å². The Hall–Kier alpha value is -2.21. The van der Waals surface area contributed by atoms with Crippen LogP contribution < -0.4 is 10.2 Å². The van der Waals surface area contributed by atoms with Gasteiger partial charge in [0.15, 0.2) is 5.82 Å². The van der Waals surface area contributed by atoms with E-state index in [1.165, 1.54) is 6.42 Å². The minimum atomic E-state index is 0.196. The normalized spacial score (nSPS) is 26.7. The van der Waals surface area contributed by atoms with Gasteiger partial charge in [-0.3, -0.25) is 0 Å².